The molecule has 0 aliphatic heterocycles. The number of hydrogen-bond acceptors (Lipinski definition) is 3. The lowest BCUT2D eigenvalue weighted by Crippen LogP contribution is -2.49. The molecule has 1 aliphatic rings. The molecule has 0 spiro atoms. The van der Waals surface area contributed by atoms with E-state index in [0.717, 1.165) is 24.8 Å². The van der Waals surface area contributed by atoms with Gasteiger partial charge in [0, 0.05) is 13.7 Å². The van der Waals surface area contributed by atoms with Crippen LogP contribution in [0, 0.1) is 0 Å². The molecule has 1 saturated carbocycles. The van der Waals surface area contributed by atoms with Crippen molar-refractivity contribution in [1.29, 1.82) is 0 Å². The highest BCUT2D eigenvalue weighted by Crippen LogP contribution is 2.34. The average Bonchev–Trinajstić information content (AvgIpc) is 2.28. The molecule has 18 heavy (non-hydrogen) atoms. The number of amides is 1. The molecule has 1 aromatic carbocycles. The van der Waals surface area contributed by atoms with E-state index in [4.69, 9.17) is 4.74 Å². The van der Waals surface area contributed by atoms with E-state index in [1.807, 2.05) is 6.07 Å². The maximum Gasteiger partial charge on any atom is 0.224 e. The van der Waals surface area contributed by atoms with Gasteiger partial charge in [0.15, 0.2) is 0 Å². The van der Waals surface area contributed by atoms with Crippen molar-refractivity contribution in [3.63, 3.8) is 0 Å². The Hall–Kier alpha value is -1.55. The molecule has 2 N–H and O–H groups in total. The van der Waals surface area contributed by atoms with Gasteiger partial charge in [-0.1, -0.05) is 12.1 Å². The van der Waals surface area contributed by atoms with Gasteiger partial charge in [0.2, 0.25) is 5.91 Å². The third kappa shape index (κ3) is 3.01. The number of nitrogens with one attached hydrogen (secondary N) is 1. The van der Waals surface area contributed by atoms with Crippen LogP contribution in [0.1, 0.15) is 24.8 Å². The summed E-state index contributed by atoms with van der Waals surface area (Å²) in [7, 11) is 1.69. The predicted octanol–water partition coefficient (Wildman–Crippen LogP) is 1.62. The molecule has 4 nitrogen and oxygen atoms in total. The van der Waals surface area contributed by atoms with Gasteiger partial charge in [-0.25, -0.2) is 0 Å². The molecule has 0 atom stereocenters. The fourth-order valence-corrected chi connectivity index (χ4v) is 2.20. The number of rotatable bonds is 5. The maximum absolute atomic E-state index is 11.8. The first-order chi connectivity index (χ1) is 8.63. The lowest BCUT2D eigenvalue weighted by atomic mass is 9.80. The molecular weight excluding hydrogens is 230 g/mol. The lowest BCUT2D eigenvalue weighted by Gasteiger charge is -2.40. The van der Waals surface area contributed by atoms with Crippen LogP contribution in [-0.4, -0.2) is 30.3 Å². The Balaban J connectivity index is 1.82. The van der Waals surface area contributed by atoms with Gasteiger partial charge in [-0.15, -0.1) is 0 Å². The Morgan fingerprint density at radius 2 is 2.28 bits per heavy atom. The first-order valence-corrected chi connectivity index (χ1v) is 6.23. The molecule has 1 amide bonds. The van der Waals surface area contributed by atoms with Crippen molar-refractivity contribution in [2.75, 3.05) is 13.7 Å². The number of benzene rings is 1. The van der Waals surface area contributed by atoms with Crippen molar-refractivity contribution in [2.24, 2.45) is 0 Å². The van der Waals surface area contributed by atoms with Crippen LogP contribution in [0.25, 0.3) is 0 Å². The smallest absolute Gasteiger partial charge is 0.224 e. The van der Waals surface area contributed by atoms with Crippen molar-refractivity contribution < 1.29 is 14.6 Å². The van der Waals surface area contributed by atoms with Crippen LogP contribution in [-0.2, 0) is 16.0 Å². The second-order valence-corrected chi connectivity index (χ2v) is 4.86. The quantitative estimate of drug-likeness (QED) is 0.833. The van der Waals surface area contributed by atoms with Crippen LogP contribution >= 0.6 is 0 Å². The number of carbonyl (C=O) groups excluding carboxylic acids is 1. The lowest BCUT2D eigenvalue weighted by molar-refractivity contribution is -0.124. The van der Waals surface area contributed by atoms with Crippen molar-refractivity contribution in [1.82, 2.24) is 5.32 Å². The van der Waals surface area contributed by atoms with E-state index >= 15 is 0 Å². The number of aromatic hydroxyl groups is 1. The van der Waals surface area contributed by atoms with Crippen LogP contribution in [0.4, 0.5) is 0 Å². The zero-order chi connectivity index (χ0) is 13.0. The van der Waals surface area contributed by atoms with Gasteiger partial charge in [0.05, 0.1) is 12.0 Å². The molecule has 0 unspecified atom stereocenters. The van der Waals surface area contributed by atoms with E-state index in [1.54, 1.807) is 25.3 Å². The third-order valence-corrected chi connectivity index (χ3v) is 3.58. The number of phenolic OH excluding ortho intramolecular Hbond substituents is 1. The zero-order valence-corrected chi connectivity index (χ0v) is 10.6. The van der Waals surface area contributed by atoms with Gasteiger partial charge < -0.3 is 15.2 Å². The van der Waals surface area contributed by atoms with E-state index < -0.39 is 0 Å². The Morgan fingerprint density at radius 3 is 2.83 bits per heavy atom. The number of methoxy groups -OCH3 is 1. The summed E-state index contributed by atoms with van der Waals surface area (Å²) in [5.74, 6) is 0.150. The molecule has 1 aromatic rings. The maximum atomic E-state index is 11.8. The first kappa shape index (κ1) is 12.9. The summed E-state index contributed by atoms with van der Waals surface area (Å²) < 4.78 is 5.44. The number of hydrogen-bond donors (Lipinski definition) is 2. The monoisotopic (exact) mass is 249 g/mol. The normalized spacial score (nSPS) is 16.9. The third-order valence-electron chi connectivity index (χ3n) is 3.58. The molecule has 1 aliphatic carbocycles. The van der Waals surface area contributed by atoms with E-state index in [9.17, 15) is 9.90 Å². The SMILES string of the molecule is COC1(CNC(=O)Cc2cccc(O)c2)CCC1. The van der Waals surface area contributed by atoms with Crippen LogP contribution in [0.5, 0.6) is 5.75 Å². The Morgan fingerprint density at radius 1 is 1.50 bits per heavy atom. The number of carbonyl (C=O) groups is 1. The van der Waals surface area contributed by atoms with Gasteiger partial charge in [-0.05, 0) is 37.0 Å². The minimum atomic E-state index is -0.144. The van der Waals surface area contributed by atoms with Gasteiger partial charge in [0.25, 0.3) is 0 Å². The fourth-order valence-electron chi connectivity index (χ4n) is 2.20. The van der Waals surface area contributed by atoms with E-state index in [1.165, 1.54) is 0 Å². The summed E-state index contributed by atoms with van der Waals surface area (Å²) in [6.07, 6.45) is 3.47. The molecule has 4 heteroatoms. The summed E-state index contributed by atoms with van der Waals surface area (Å²) in [6, 6.07) is 6.76. The zero-order valence-electron chi connectivity index (χ0n) is 10.6. The van der Waals surface area contributed by atoms with E-state index in [-0.39, 0.29) is 23.7 Å². The second-order valence-electron chi connectivity index (χ2n) is 4.86. The number of phenols is 1. The van der Waals surface area contributed by atoms with Gasteiger partial charge >= 0.3 is 0 Å². The Labute approximate surface area is 107 Å². The van der Waals surface area contributed by atoms with Gasteiger partial charge in [-0.2, -0.15) is 0 Å². The highest BCUT2D eigenvalue weighted by atomic mass is 16.5. The second kappa shape index (κ2) is 5.40. The van der Waals surface area contributed by atoms with E-state index in [0.29, 0.717) is 6.54 Å². The topological polar surface area (TPSA) is 58.6 Å². The Bertz CT molecular complexity index is 421. The minimum absolute atomic E-state index is 0.0380. The van der Waals surface area contributed by atoms with Crippen molar-refractivity contribution >= 4 is 5.91 Å². The molecule has 0 bridgehead atoms. The summed E-state index contributed by atoms with van der Waals surface area (Å²) >= 11 is 0. The Kier molecular flexibility index (Phi) is 3.87. The molecule has 1 fully saturated rings. The predicted molar refractivity (Wildman–Crippen MR) is 68.4 cm³/mol. The van der Waals surface area contributed by atoms with Gasteiger partial charge in [0.1, 0.15) is 5.75 Å². The molecule has 0 heterocycles. The molecular formula is C14H19NO3. The minimum Gasteiger partial charge on any atom is -0.508 e. The summed E-state index contributed by atoms with van der Waals surface area (Å²) in [5, 5.41) is 12.2. The molecule has 98 valence electrons. The highest BCUT2D eigenvalue weighted by molar-refractivity contribution is 5.78. The molecule has 0 radical (unpaired) electrons. The fraction of sp³-hybridized carbons (Fsp3) is 0.500. The molecule has 0 saturated heterocycles. The van der Waals surface area contributed by atoms with Crippen molar-refractivity contribution in [3.8, 4) is 5.75 Å². The molecule has 2 rings (SSSR count). The van der Waals surface area contributed by atoms with Crippen molar-refractivity contribution in [2.45, 2.75) is 31.3 Å². The number of ether oxygens (including phenoxy) is 1. The van der Waals surface area contributed by atoms with Crippen LogP contribution in [0.2, 0.25) is 0 Å². The highest BCUT2D eigenvalue weighted by Gasteiger charge is 2.37. The van der Waals surface area contributed by atoms with Crippen molar-refractivity contribution in [3.05, 3.63) is 29.8 Å². The summed E-state index contributed by atoms with van der Waals surface area (Å²) in [4.78, 5) is 11.8. The first-order valence-electron chi connectivity index (χ1n) is 6.23. The average molecular weight is 249 g/mol. The summed E-state index contributed by atoms with van der Waals surface area (Å²) in [5.41, 5.74) is 0.668. The van der Waals surface area contributed by atoms with Gasteiger partial charge in [-0.3, -0.25) is 4.79 Å². The van der Waals surface area contributed by atoms with Crippen LogP contribution in [0.3, 0.4) is 0 Å². The van der Waals surface area contributed by atoms with Crippen LogP contribution in [0.15, 0.2) is 24.3 Å². The largest absolute Gasteiger partial charge is 0.508 e. The molecule has 0 aromatic heterocycles. The van der Waals surface area contributed by atoms with Crippen LogP contribution < -0.4 is 5.32 Å². The van der Waals surface area contributed by atoms with E-state index in [2.05, 4.69) is 5.32 Å². The summed E-state index contributed by atoms with van der Waals surface area (Å²) in [6.45, 7) is 0.571. The standard InChI is InChI=1S/C14H19NO3/c1-18-14(6-3-7-14)10-15-13(17)9-11-4-2-5-12(16)8-11/h2,4-5,8,16H,3,6-7,9-10H2,1H3,(H,15,17).